The monoisotopic (exact) mass is 221 g/mol. The van der Waals surface area contributed by atoms with Crippen LogP contribution in [0.5, 0.6) is 0 Å². The van der Waals surface area contributed by atoms with Gasteiger partial charge in [-0.1, -0.05) is 13.3 Å². The van der Waals surface area contributed by atoms with Crippen molar-refractivity contribution in [2.75, 3.05) is 19.6 Å². The van der Waals surface area contributed by atoms with Gasteiger partial charge in [0.15, 0.2) is 0 Å². The third kappa shape index (κ3) is 5.24. The minimum absolute atomic E-state index is 0.816. The zero-order chi connectivity index (χ0) is 11.6. The van der Waals surface area contributed by atoms with E-state index < -0.39 is 0 Å². The number of unbranched alkanes of at least 4 members (excludes halogenated alkanes) is 2. The highest BCUT2D eigenvalue weighted by Gasteiger charge is 2.02. The highest BCUT2D eigenvalue weighted by Crippen LogP contribution is 2.05. The molecule has 3 nitrogen and oxygen atoms in total. The van der Waals surface area contributed by atoms with Crippen LogP contribution in [0, 0.1) is 0 Å². The molecule has 0 fully saturated rings. The van der Waals surface area contributed by atoms with E-state index in [0.29, 0.717) is 0 Å². The normalized spacial score (nSPS) is 10.9. The van der Waals surface area contributed by atoms with Gasteiger partial charge < -0.3 is 5.73 Å². The van der Waals surface area contributed by atoms with Gasteiger partial charge in [0.1, 0.15) is 0 Å². The molecular formula is C13H23N3. The van der Waals surface area contributed by atoms with Crippen LogP contribution in [-0.2, 0) is 6.54 Å². The maximum atomic E-state index is 5.48. The van der Waals surface area contributed by atoms with Crippen molar-refractivity contribution >= 4 is 0 Å². The average Bonchev–Trinajstić information content (AvgIpc) is 2.34. The standard InChI is InChI=1S/C13H23N3/c1-2-16(11-5-3-4-8-14)12-13-6-9-15-10-7-13/h6-7,9-10H,2-5,8,11-12,14H2,1H3. The van der Waals surface area contributed by atoms with Gasteiger partial charge >= 0.3 is 0 Å². The molecule has 0 saturated heterocycles. The van der Waals surface area contributed by atoms with Gasteiger partial charge in [-0.05, 0) is 50.2 Å². The number of nitrogens with zero attached hydrogens (tertiary/aromatic N) is 2. The molecular weight excluding hydrogens is 198 g/mol. The van der Waals surface area contributed by atoms with Crippen LogP contribution < -0.4 is 5.73 Å². The maximum Gasteiger partial charge on any atom is 0.0271 e. The lowest BCUT2D eigenvalue weighted by molar-refractivity contribution is 0.273. The van der Waals surface area contributed by atoms with Crippen molar-refractivity contribution in [3.05, 3.63) is 30.1 Å². The molecule has 0 atom stereocenters. The summed E-state index contributed by atoms with van der Waals surface area (Å²) in [6.45, 7) is 6.33. The van der Waals surface area contributed by atoms with E-state index in [-0.39, 0.29) is 0 Å². The molecule has 0 aliphatic carbocycles. The highest BCUT2D eigenvalue weighted by molar-refractivity contribution is 5.09. The number of nitrogens with two attached hydrogens (primary N) is 1. The molecule has 1 rings (SSSR count). The lowest BCUT2D eigenvalue weighted by Crippen LogP contribution is -2.24. The van der Waals surface area contributed by atoms with E-state index in [1.807, 2.05) is 12.4 Å². The van der Waals surface area contributed by atoms with E-state index in [4.69, 9.17) is 5.73 Å². The van der Waals surface area contributed by atoms with Crippen LogP contribution in [0.2, 0.25) is 0 Å². The van der Waals surface area contributed by atoms with E-state index in [2.05, 4.69) is 28.9 Å². The zero-order valence-corrected chi connectivity index (χ0v) is 10.2. The molecule has 16 heavy (non-hydrogen) atoms. The molecule has 0 saturated carbocycles. The Morgan fingerprint density at radius 1 is 1.19 bits per heavy atom. The summed E-state index contributed by atoms with van der Waals surface area (Å²) in [6.07, 6.45) is 7.35. The Balaban J connectivity index is 2.26. The highest BCUT2D eigenvalue weighted by atomic mass is 15.1. The first kappa shape index (κ1) is 13.1. The predicted octanol–water partition coefficient (Wildman–Crippen LogP) is 2.03. The minimum atomic E-state index is 0.816. The van der Waals surface area contributed by atoms with Gasteiger partial charge in [0, 0.05) is 18.9 Å². The third-order valence-corrected chi connectivity index (χ3v) is 2.78. The Morgan fingerprint density at radius 3 is 2.56 bits per heavy atom. The fourth-order valence-corrected chi connectivity index (χ4v) is 1.75. The lowest BCUT2D eigenvalue weighted by atomic mass is 10.2. The van der Waals surface area contributed by atoms with Gasteiger partial charge in [-0.3, -0.25) is 9.88 Å². The molecule has 0 aliphatic rings. The fraction of sp³-hybridized carbons (Fsp3) is 0.615. The van der Waals surface area contributed by atoms with E-state index in [1.54, 1.807) is 0 Å². The summed E-state index contributed by atoms with van der Waals surface area (Å²) in [7, 11) is 0. The van der Waals surface area contributed by atoms with Crippen LogP contribution in [0.15, 0.2) is 24.5 Å². The van der Waals surface area contributed by atoms with Crippen molar-refractivity contribution in [1.82, 2.24) is 9.88 Å². The molecule has 0 aliphatic heterocycles. The first-order valence-corrected chi connectivity index (χ1v) is 6.18. The number of pyridine rings is 1. The molecule has 1 aromatic rings. The lowest BCUT2D eigenvalue weighted by Gasteiger charge is -2.20. The topological polar surface area (TPSA) is 42.1 Å². The Kier molecular flexibility index (Phi) is 6.77. The molecule has 0 amide bonds. The number of hydrogen-bond acceptors (Lipinski definition) is 3. The van der Waals surface area contributed by atoms with Crippen molar-refractivity contribution in [3.8, 4) is 0 Å². The molecule has 1 heterocycles. The molecule has 1 aromatic heterocycles. The van der Waals surface area contributed by atoms with E-state index in [1.165, 1.54) is 24.9 Å². The largest absolute Gasteiger partial charge is 0.330 e. The van der Waals surface area contributed by atoms with Crippen molar-refractivity contribution in [2.24, 2.45) is 5.73 Å². The van der Waals surface area contributed by atoms with Crippen molar-refractivity contribution in [2.45, 2.75) is 32.7 Å². The summed E-state index contributed by atoms with van der Waals surface area (Å²) in [6, 6.07) is 4.17. The Hall–Kier alpha value is -0.930. The second kappa shape index (κ2) is 8.25. The summed E-state index contributed by atoms with van der Waals surface area (Å²) < 4.78 is 0. The quantitative estimate of drug-likeness (QED) is 0.683. The van der Waals surface area contributed by atoms with Gasteiger partial charge in [0.05, 0.1) is 0 Å². The van der Waals surface area contributed by atoms with Crippen molar-refractivity contribution in [3.63, 3.8) is 0 Å². The summed E-state index contributed by atoms with van der Waals surface area (Å²) in [5, 5.41) is 0. The first-order valence-electron chi connectivity index (χ1n) is 6.18. The summed E-state index contributed by atoms with van der Waals surface area (Å²) in [5.74, 6) is 0. The summed E-state index contributed by atoms with van der Waals surface area (Å²) >= 11 is 0. The second-order valence-corrected chi connectivity index (χ2v) is 4.07. The van der Waals surface area contributed by atoms with E-state index in [0.717, 1.165) is 26.1 Å². The predicted molar refractivity (Wildman–Crippen MR) is 68.1 cm³/mol. The fourth-order valence-electron chi connectivity index (χ4n) is 1.75. The zero-order valence-electron chi connectivity index (χ0n) is 10.2. The van der Waals surface area contributed by atoms with Crippen LogP contribution in [0.1, 0.15) is 31.7 Å². The van der Waals surface area contributed by atoms with E-state index in [9.17, 15) is 0 Å². The number of hydrogen-bond donors (Lipinski definition) is 1. The minimum Gasteiger partial charge on any atom is -0.330 e. The van der Waals surface area contributed by atoms with Crippen LogP contribution in [-0.4, -0.2) is 29.5 Å². The van der Waals surface area contributed by atoms with Gasteiger partial charge in [0.2, 0.25) is 0 Å². The number of rotatable bonds is 8. The Morgan fingerprint density at radius 2 is 1.94 bits per heavy atom. The van der Waals surface area contributed by atoms with Crippen molar-refractivity contribution < 1.29 is 0 Å². The average molecular weight is 221 g/mol. The maximum absolute atomic E-state index is 5.48. The smallest absolute Gasteiger partial charge is 0.0271 e. The van der Waals surface area contributed by atoms with Crippen molar-refractivity contribution in [1.29, 1.82) is 0 Å². The SMILES string of the molecule is CCN(CCCCCN)Cc1ccncc1. The summed E-state index contributed by atoms with van der Waals surface area (Å²) in [5.41, 5.74) is 6.82. The van der Waals surface area contributed by atoms with Gasteiger partial charge in [-0.25, -0.2) is 0 Å². The Bertz CT molecular complexity index is 261. The Labute approximate surface area is 98.7 Å². The molecule has 0 spiro atoms. The molecule has 0 unspecified atom stereocenters. The third-order valence-electron chi connectivity index (χ3n) is 2.78. The molecule has 90 valence electrons. The molecule has 0 radical (unpaired) electrons. The second-order valence-electron chi connectivity index (χ2n) is 4.07. The molecule has 0 bridgehead atoms. The van der Waals surface area contributed by atoms with Crippen LogP contribution in [0.25, 0.3) is 0 Å². The molecule has 3 heteroatoms. The van der Waals surface area contributed by atoms with Crippen LogP contribution in [0.4, 0.5) is 0 Å². The molecule has 2 N–H and O–H groups in total. The van der Waals surface area contributed by atoms with E-state index >= 15 is 0 Å². The van der Waals surface area contributed by atoms with Gasteiger partial charge in [-0.15, -0.1) is 0 Å². The number of aromatic nitrogens is 1. The van der Waals surface area contributed by atoms with Gasteiger partial charge in [-0.2, -0.15) is 0 Å². The molecule has 0 aromatic carbocycles. The van der Waals surface area contributed by atoms with Crippen LogP contribution >= 0.6 is 0 Å². The summed E-state index contributed by atoms with van der Waals surface area (Å²) in [4.78, 5) is 6.50. The van der Waals surface area contributed by atoms with Crippen LogP contribution in [0.3, 0.4) is 0 Å². The first-order chi connectivity index (χ1) is 7.86. The van der Waals surface area contributed by atoms with Gasteiger partial charge in [0.25, 0.3) is 0 Å².